The number of halogens is 1. The molecular weight excluding hydrogens is 155 g/mol. The number of rotatable bonds is 5. The van der Waals surface area contributed by atoms with E-state index in [0.29, 0.717) is 18.8 Å². The van der Waals surface area contributed by atoms with Gasteiger partial charge in [-0.25, -0.2) is 4.39 Å². The first-order chi connectivity index (χ1) is 5.74. The van der Waals surface area contributed by atoms with Gasteiger partial charge in [-0.1, -0.05) is 13.8 Å². The van der Waals surface area contributed by atoms with Gasteiger partial charge in [-0.05, 0) is 19.4 Å². The maximum absolute atomic E-state index is 12.9. The highest BCUT2D eigenvalue weighted by Crippen LogP contribution is 2.09. The van der Waals surface area contributed by atoms with Gasteiger partial charge < -0.3 is 4.74 Å². The lowest BCUT2D eigenvalue weighted by Crippen LogP contribution is -1.89. The van der Waals surface area contributed by atoms with Crippen molar-refractivity contribution >= 4 is 0 Å². The van der Waals surface area contributed by atoms with E-state index in [2.05, 4.69) is 0 Å². The summed E-state index contributed by atoms with van der Waals surface area (Å²) in [7, 11) is 0. The number of hydrogen-bond acceptors (Lipinski definition) is 1. The van der Waals surface area contributed by atoms with E-state index >= 15 is 0 Å². The molecule has 1 nitrogen and oxygen atoms in total. The molecule has 0 rings (SSSR count). The van der Waals surface area contributed by atoms with Crippen LogP contribution in [0.2, 0.25) is 0 Å². The van der Waals surface area contributed by atoms with E-state index in [1.807, 2.05) is 20.8 Å². The van der Waals surface area contributed by atoms with Crippen molar-refractivity contribution in [2.45, 2.75) is 33.6 Å². The molecule has 0 spiro atoms. The van der Waals surface area contributed by atoms with Crippen LogP contribution in [0.5, 0.6) is 0 Å². The summed E-state index contributed by atoms with van der Waals surface area (Å²) in [5.74, 6) is 0.502. The van der Waals surface area contributed by atoms with Crippen molar-refractivity contribution in [2.75, 3.05) is 6.61 Å². The van der Waals surface area contributed by atoms with E-state index in [0.717, 1.165) is 6.42 Å². The predicted octanol–water partition coefficient (Wildman–Crippen LogP) is 3.58. The third kappa shape index (κ3) is 4.94. The molecule has 0 atom stereocenters. The molecule has 0 aromatic heterocycles. The van der Waals surface area contributed by atoms with Gasteiger partial charge >= 0.3 is 0 Å². The quantitative estimate of drug-likeness (QED) is 0.455. The fraction of sp³-hybridized carbons (Fsp3) is 0.600. The van der Waals surface area contributed by atoms with Crippen LogP contribution in [-0.2, 0) is 4.74 Å². The van der Waals surface area contributed by atoms with Crippen LogP contribution in [0.15, 0.2) is 23.7 Å². The highest BCUT2D eigenvalue weighted by molar-refractivity contribution is 5.14. The molecule has 0 amide bonds. The number of hydrogen-bond donors (Lipinski definition) is 0. The zero-order valence-corrected chi connectivity index (χ0v) is 8.06. The molecule has 0 aromatic carbocycles. The minimum atomic E-state index is -0.206. The van der Waals surface area contributed by atoms with Crippen LogP contribution in [0.25, 0.3) is 0 Å². The van der Waals surface area contributed by atoms with E-state index < -0.39 is 0 Å². The summed E-state index contributed by atoms with van der Waals surface area (Å²) in [5, 5.41) is 0. The molecule has 70 valence electrons. The lowest BCUT2D eigenvalue weighted by atomic mass is 10.3. The molecule has 0 bridgehead atoms. The molecule has 0 heterocycles. The van der Waals surface area contributed by atoms with Crippen molar-refractivity contribution in [1.82, 2.24) is 0 Å². The average molecular weight is 172 g/mol. The van der Waals surface area contributed by atoms with Gasteiger partial charge in [0.05, 0.1) is 12.4 Å². The molecule has 0 radical (unpaired) electrons. The second-order valence-electron chi connectivity index (χ2n) is 2.39. The summed E-state index contributed by atoms with van der Waals surface area (Å²) in [6, 6.07) is 0. The van der Waals surface area contributed by atoms with Gasteiger partial charge in [0.15, 0.2) is 0 Å². The van der Waals surface area contributed by atoms with Crippen LogP contribution in [0.3, 0.4) is 0 Å². The van der Waals surface area contributed by atoms with Gasteiger partial charge in [0, 0.05) is 12.5 Å². The largest absolute Gasteiger partial charge is 0.498 e. The molecule has 0 aliphatic heterocycles. The Balaban J connectivity index is 4.16. The van der Waals surface area contributed by atoms with Gasteiger partial charge in [-0.3, -0.25) is 0 Å². The first kappa shape index (κ1) is 11.2. The van der Waals surface area contributed by atoms with E-state index in [9.17, 15) is 4.39 Å². The van der Waals surface area contributed by atoms with Gasteiger partial charge in [0.2, 0.25) is 0 Å². The Bertz CT molecular complexity index is 171. The monoisotopic (exact) mass is 172 g/mol. The molecular formula is C10H17FO. The maximum Gasteiger partial charge on any atom is 0.122 e. The van der Waals surface area contributed by atoms with Crippen LogP contribution >= 0.6 is 0 Å². The molecule has 0 N–H and O–H groups in total. The van der Waals surface area contributed by atoms with Crippen LogP contribution < -0.4 is 0 Å². The topological polar surface area (TPSA) is 9.23 Å². The number of ether oxygens (including phenoxy) is 1. The minimum Gasteiger partial charge on any atom is -0.498 e. The van der Waals surface area contributed by atoms with Crippen molar-refractivity contribution in [2.24, 2.45) is 0 Å². The van der Waals surface area contributed by atoms with E-state index in [4.69, 9.17) is 4.74 Å². The lowest BCUT2D eigenvalue weighted by Gasteiger charge is -2.04. The Hall–Kier alpha value is -0.790. The van der Waals surface area contributed by atoms with Crippen molar-refractivity contribution in [3.63, 3.8) is 0 Å². The van der Waals surface area contributed by atoms with Gasteiger partial charge in [0.25, 0.3) is 0 Å². The van der Waals surface area contributed by atoms with E-state index in [-0.39, 0.29) is 5.83 Å². The zero-order valence-electron chi connectivity index (χ0n) is 8.06. The summed E-state index contributed by atoms with van der Waals surface area (Å²) in [6.45, 7) is 6.34. The first-order valence-corrected chi connectivity index (χ1v) is 4.43. The Morgan fingerprint density at radius 3 is 2.42 bits per heavy atom. The summed E-state index contributed by atoms with van der Waals surface area (Å²) in [6.07, 6.45) is 4.44. The Morgan fingerprint density at radius 1 is 1.33 bits per heavy atom. The van der Waals surface area contributed by atoms with E-state index in [1.165, 1.54) is 12.2 Å². The molecule has 12 heavy (non-hydrogen) atoms. The van der Waals surface area contributed by atoms with Crippen molar-refractivity contribution in [3.05, 3.63) is 23.7 Å². The third-order valence-corrected chi connectivity index (χ3v) is 1.38. The fourth-order valence-electron chi connectivity index (χ4n) is 0.839. The Labute approximate surface area is 73.9 Å². The molecule has 0 fully saturated rings. The van der Waals surface area contributed by atoms with Crippen LogP contribution in [0.4, 0.5) is 4.39 Å². The van der Waals surface area contributed by atoms with Gasteiger partial charge in [-0.15, -0.1) is 0 Å². The number of allylic oxidation sites excluding steroid dienone is 4. The Morgan fingerprint density at radius 2 is 2.00 bits per heavy atom. The van der Waals surface area contributed by atoms with Gasteiger partial charge in [0.1, 0.15) is 5.83 Å². The maximum atomic E-state index is 12.9. The highest BCUT2D eigenvalue weighted by Gasteiger charge is 1.95. The SMILES string of the molecule is CC/C=C(F)\C=C(/CC)OCC. The van der Waals surface area contributed by atoms with Crippen LogP contribution in [-0.4, -0.2) is 6.61 Å². The van der Waals surface area contributed by atoms with E-state index in [1.54, 1.807) is 0 Å². The van der Waals surface area contributed by atoms with Crippen molar-refractivity contribution < 1.29 is 9.13 Å². The summed E-state index contributed by atoms with van der Waals surface area (Å²) in [5.41, 5.74) is 0. The first-order valence-electron chi connectivity index (χ1n) is 4.43. The second kappa shape index (κ2) is 6.89. The molecule has 0 aliphatic rings. The molecule has 2 heteroatoms. The zero-order chi connectivity index (χ0) is 9.40. The van der Waals surface area contributed by atoms with Crippen molar-refractivity contribution in [3.8, 4) is 0 Å². The predicted molar refractivity (Wildman–Crippen MR) is 49.5 cm³/mol. The standard InChI is InChI=1S/C10H17FO/c1-4-7-9(11)8-10(5-2)12-6-3/h7-8H,4-6H2,1-3H3/b9-7+,10-8+. The van der Waals surface area contributed by atoms with Gasteiger partial charge in [-0.2, -0.15) is 0 Å². The van der Waals surface area contributed by atoms with Crippen LogP contribution in [0.1, 0.15) is 33.6 Å². The molecule has 0 saturated carbocycles. The molecule has 0 aliphatic carbocycles. The fourth-order valence-corrected chi connectivity index (χ4v) is 0.839. The normalized spacial score (nSPS) is 13.3. The highest BCUT2D eigenvalue weighted by atomic mass is 19.1. The summed E-state index contributed by atoms with van der Waals surface area (Å²) < 4.78 is 18.1. The lowest BCUT2D eigenvalue weighted by molar-refractivity contribution is 0.220. The summed E-state index contributed by atoms with van der Waals surface area (Å²) >= 11 is 0. The molecule has 0 saturated heterocycles. The summed E-state index contributed by atoms with van der Waals surface area (Å²) in [4.78, 5) is 0. The molecule has 0 unspecified atom stereocenters. The second-order valence-corrected chi connectivity index (χ2v) is 2.39. The smallest absolute Gasteiger partial charge is 0.122 e. The third-order valence-electron chi connectivity index (χ3n) is 1.38. The van der Waals surface area contributed by atoms with Crippen molar-refractivity contribution in [1.29, 1.82) is 0 Å². The Kier molecular flexibility index (Phi) is 6.44. The minimum absolute atomic E-state index is 0.206. The van der Waals surface area contributed by atoms with Crippen LogP contribution in [0, 0.1) is 0 Å². The molecule has 0 aromatic rings. The average Bonchev–Trinajstić information content (AvgIpc) is 2.04.